The Morgan fingerprint density at radius 1 is 0.875 bits per heavy atom. The number of aryl methyl sites for hydroxylation is 2. The minimum absolute atomic E-state index is 0.697. The van der Waals surface area contributed by atoms with Crippen molar-refractivity contribution in [1.82, 2.24) is 4.57 Å². The van der Waals surface area contributed by atoms with Crippen LogP contribution in [0.3, 0.4) is 0 Å². The van der Waals surface area contributed by atoms with Gasteiger partial charge in [-0.3, -0.25) is 0 Å². The molecule has 1 aromatic heterocycles. The smallest absolute Gasteiger partial charge is 0.120 e. The normalized spacial score (nSPS) is 10.9. The molecule has 0 spiro atoms. The van der Waals surface area contributed by atoms with Gasteiger partial charge in [-0.1, -0.05) is 19.1 Å². The van der Waals surface area contributed by atoms with Crippen molar-refractivity contribution in [3.8, 4) is 11.5 Å². The maximum absolute atomic E-state index is 5.83. The first kappa shape index (κ1) is 16.4. The first-order valence-corrected chi connectivity index (χ1v) is 8.73. The summed E-state index contributed by atoms with van der Waals surface area (Å²) in [6.45, 7) is 6.54. The lowest BCUT2D eigenvalue weighted by atomic mass is 10.2. The molecule has 0 amide bonds. The highest BCUT2D eigenvalue weighted by Gasteiger charge is 2.03. The standard InChI is InChI=1S/C21H25NO2/c1-3-17-6-8-19(9-7-17)24-15-5-13-22-14-12-18-16-20(23-4-2)10-11-21(18)22/h6-12,14,16H,3-5,13,15H2,1-2H3. The predicted molar refractivity (Wildman–Crippen MR) is 99.0 cm³/mol. The fraction of sp³-hybridized carbons (Fsp3) is 0.333. The fourth-order valence-electron chi connectivity index (χ4n) is 2.88. The maximum Gasteiger partial charge on any atom is 0.120 e. The van der Waals surface area contributed by atoms with Crippen LogP contribution in [-0.4, -0.2) is 17.8 Å². The molecule has 0 aliphatic carbocycles. The largest absolute Gasteiger partial charge is 0.494 e. The first-order valence-electron chi connectivity index (χ1n) is 8.73. The topological polar surface area (TPSA) is 23.4 Å². The van der Waals surface area contributed by atoms with Crippen LogP contribution in [0.4, 0.5) is 0 Å². The molecule has 3 rings (SSSR count). The lowest BCUT2D eigenvalue weighted by Crippen LogP contribution is -2.03. The molecule has 3 heteroatoms. The van der Waals surface area contributed by atoms with E-state index in [1.165, 1.54) is 16.5 Å². The Morgan fingerprint density at radius 2 is 1.67 bits per heavy atom. The molecule has 1 heterocycles. The molecule has 0 aliphatic rings. The van der Waals surface area contributed by atoms with Gasteiger partial charge in [0.25, 0.3) is 0 Å². The van der Waals surface area contributed by atoms with Crippen LogP contribution in [-0.2, 0) is 13.0 Å². The summed E-state index contributed by atoms with van der Waals surface area (Å²) < 4.78 is 13.7. The predicted octanol–water partition coefficient (Wildman–Crippen LogP) is 5.07. The molecular formula is C21H25NO2. The second kappa shape index (κ2) is 7.91. The van der Waals surface area contributed by atoms with Crippen LogP contribution in [0.15, 0.2) is 54.7 Å². The molecule has 0 atom stereocenters. The molecule has 0 bridgehead atoms. The SMILES string of the molecule is CCOc1ccc2c(ccn2CCCOc2ccc(CC)cc2)c1. The highest BCUT2D eigenvalue weighted by Crippen LogP contribution is 2.22. The van der Waals surface area contributed by atoms with Gasteiger partial charge in [-0.05, 0) is 61.7 Å². The van der Waals surface area contributed by atoms with E-state index in [1.54, 1.807) is 0 Å². The summed E-state index contributed by atoms with van der Waals surface area (Å²) in [6.07, 6.45) is 4.18. The van der Waals surface area contributed by atoms with Crippen LogP contribution >= 0.6 is 0 Å². The van der Waals surface area contributed by atoms with Crippen molar-refractivity contribution in [2.75, 3.05) is 13.2 Å². The highest BCUT2D eigenvalue weighted by molar-refractivity contribution is 5.81. The van der Waals surface area contributed by atoms with Gasteiger partial charge in [0.1, 0.15) is 11.5 Å². The van der Waals surface area contributed by atoms with Gasteiger partial charge in [0.15, 0.2) is 0 Å². The number of ether oxygens (including phenoxy) is 2. The quantitative estimate of drug-likeness (QED) is 0.540. The van der Waals surface area contributed by atoms with Crippen LogP contribution in [0.5, 0.6) is 11.5 Å². The van der Waals surface area contributed by atoms with Crippen molar-refractivity contribution in [2.45, 2.75) is 33.2 Å². The molecule has 0 unspecified atom stereocenters. The molecule has 3 nitrogen and oxygen atoms in total. The molecule has 0 saturated heterocycles. The van der Waals surface area contributed by atoms with E-state index >= 15 is 0 Å². The van der Waals surface area contributed by atoms with Crippen LogP contribution in [0.25, 0.3) is 10.9 Å². The zero-order chi connectivity index (χ0) is 16.8. The summed E-state index contributed by atoms with van der Waals surface area (Å²) in [6, 6.07) is 16.8. The molecule has 126 valence electrons. The van der Waals surface area contributed by atoms with E-state index in [9.17, 15) is 0 Å². The van der Waals surface area contributed by atoms with E-state index in [0.29, 0.717) is 6.61 Å². The Bertz CT molecular complexity index is 774. The number of nitrogens with zero attached hydrogens (tertiary/aromatic N) is 1. The summed E-state index contributed by atoms with van der Waals surface area (Å²) in [5.41, 5.74) is 2.58. The summed E-state index contributed by atoms with van der Waals surface area (Å²) >= 11 is 0. The second-order valence-corrected chi connectivity index (χ2v) is 5.86. The minimum atomic E-state index is 0.697. The number of rotatable bonds is 8. The summed E-state index contributed by atoms with van der Waals surface area (Å²) in [7, 11) is 0. The Hall–Kier alpha value is -2.42. The van der Waals surface area contributed by atoms with Gasteiger partial charge in [0.2, 0.25) is 0 Å². The van der Waals surface area contributed by atoms with Gasteiger partial charge in [-0.15, -0.1) is 0 Å². The maximum atomic E-state index is 5.83. The van der Waals surface area contributed by atoms with Crippen molar-refractivity contribution in [2.24, 2.45) is 0 Å². The van der Waals surface area contributed by atoms with Gasteiger partial charge < -0.3 is 14.0 Å². The van der Waals surface area contributed by atoms with E-state index in [4.69, 9.17) is 9.47 Å². The van der Waals surface area contributed by atoms with Crippen LogP contribution in [0, 0.1) is 0 Å². The lowest BCUT2D eigenvalue weighted by molar-refractivity contribution is 0.302. The van der Waals surface area contributed by atoms with E-state index in [2.05, 4.69) is 60.2 Å². The summed E-state index contributed by atoms with van der Waals surface area (Å²) in [5, 5.41) is 1.22. The second-order valence-electron chi connectivity index (χ2n) is 5.86. The van der Waals surface area contributed by atoms with Gasteiger partial charge in [-0.2, -0.15) is 0 Å². The number of fused-ring (bicyclic) bond motifs is 1. The highest BCUT2D eigenvalue weighted by atomic mass is 16.5. The van der Waals surface area contributed by atoms with Crippen molar-refractivity contribution in [1.29, 1.82) is 0 Å². The van der Waals surface area contributed by atoms with Gasteiger partial charge in [0, 0.05) is 23.6 Å². The van der Waals surface area contributed by atoms with Crippen LogP contribution in [0.2, 0.25) is 0 Å². The van der Waals surface area contributed by atoms with Crippen LogP contribution in [0.1, 0.15) is 25.8 Å². The Morgan fingerprint density at radius 3 is 2.42 bits per heavy atom. The first-order chi connectivity index (χ1) is 11.8. The van der Waals surface area contributed by atoms with Crippen molar-refractivity contribution < 1.29 is 9.47 Å². The van der Waals surface area contributed by atoms with E-state index < -0.39 is 0 Å². The van der Waals surface area contributed by atoms with E-state index in [1.807, 2.05) is 13.0 Å². The number of hydrogen-bond acceptors (Lipinski definition) is 2. The monoisotopic (exact) mass is 323 g/mol. The number of benzene rings is 2. The third-order valence-corrected chi connectivity index (χ3v) is 4.20. The molecule has 0 N–H and O–H groups in total. The van der Waals surface area contributed by atoms with Crippen LogP contribution < -0.4 is 9.47 Å². The Labute approximate surface area is 143 Å². The molecule has 3 aromatic rings. The zero-order valence-electron chi connectivity index (χ0n) is 14.5. The van der Waals surface area contributed by atoms with Gasteiger partial charge >= 0.3 is 0 Å². The average molecular weight is 323 g/mol. The minimum Gasteiger partial charge on any atom is -0.494 e. The molecule has 0 fully saturated rings. The third-order valence-electron chi connectivity index (χ3n) is 4.20. The number of hydrogen-bond donors (Lipinski definition) is 0. The van der Waals surface area contributed by atoms with Crippen molar-refractivity contribution >= 4 is 10.9 Å². The van der Waals surface area contributed by atoms with Crippen molar-refractivity contribution in [3.05, 3.63) is 60.3 Å². The third kappa shape index (κ3) is 3.91. The molecule has 24 heavy (non-hydrogen) atoms. The molecule has 0 radical (unpaired) electrons. The molecule has 0 saturated carbocycles. The summed E-state index contributed by atoms with van der Waals surface area (Å²) in [4.78, 5) is 0. The Kier molecular flexibility index (Phi) is 5.42. The molecule has 0 aliphatic heterocycles. The van der Waals surface area contributed by atoms with E-state index in [0.717, 1.165) is 37.5 Å². The Balaban J connectivity index is 1.53. The fourth-order valence-corrected chi connectivity index (χ4v) is 2.88. The zero-order valence-corrected chi connectivity index (χ0v) is 14.5. The number of aromatic nitrogens is 1. The van der Waals surface area contributed by atoms with Gasteiger partial charge in [0.05, 0.1) is 13.2 Å². The average Bonchev–Trinajstić information content (AvgIpc) is 3.02. The van der Waals surface area contributed by atoms with Crippen molar-refractivity contribution in [3.63, 3.8) is 0 Å². The molecular weight excluding hydrogens is 298 g/mol. The summed E-state index contributed by atoms with van der Waals surface area (Å²) in [5.74, 6) is 1.88. The van der Waals surface area contributed by atoms with Gasteiger partial charge in [-0.25, -0.2) is 0 Å². The van der Waals surface area contributed by atoms with E-state index in [-0.39, 0.29) is 0 Å². The molecule has 2 aromatic carbocycles. The lowest BCUT2D eigenvalue weighted by Gasteiger charge is -2.09.